The second-order valence-electron chi connectivity index (χ2n) is 4.65. The molecule has 0 aliphatic rings. The van der Waals surface area contributed by atoms with Crippen LogP contribution in [0.4, 0.5) is 0 Å². The molecule has 1 aromatic carbocycles. The smallest absolute Gasteiger partial charge is 0.145 e. The van der Waals surface area contributed by atoms with Gasteiger partial charge < -0.3 is 14.4 Å². The van der Waals surface area contributed by atoms with Crippen LogP contribution in [0.5, 0.6) is 5.75 Å². The molecular weight excluding hydrogens is 290 g/mol. The highest BCUT2D eigenvalue weighted by atomic mass is 35.5. The van der Waals surface area contributed by atoms with Crippen LogP contribution in [0.1, 0.15) is 11.1 Å². The zero-order valence-electron chi connectivity index (χ0n) is 11.5. The van der Waals surface area contributed by atoms with Crippen LogP contribution in [0.25, 0.3) is 11.0 Å². The summed E-state index contributed by atoms with van der Waals surface area (Å²) in [6.45, 7) is 0.595. The van der Waals surface area contributed by atoms with Crippen LogP contribution in [0.2, 0.25) is 5.15 Å². The van der Waals surface area contributed by atoms with E-state index in [4.69, 9.17) is 16.3 Å². The van der Waals surface area contributed by atoms with E-state index in [2.05, 4.69) is 9.97 Å². The molecule has 1 N–H and O–H groups in total. The molecule has 3 rings (SSSR count). The summed E-state index contributed by atoms with van der Waals surface area (Å²) in [7, 11) is 1.59. The monoisotopic (exact) mass is 303 g/mol. The minimum absolute atomic E-state index is 0.0429. The lowest BCUT2D eigenvalue weighted by molar-refractivity contribution is 0.273. The lowest BCUT2D eigenvalue weighted by Crippen LogP contribution is -2.01. The molecule has 2 aromatic heterocycles. The summed E-state index contributed by atoms with van der Waals surface area (Å²) in [5.74, 6) is 0.680. The van der Waals surface area contributed by atoms with Gasteiger partial charge in [0.25, 0.3) is 0 Å². The molecule has 0 saturated carbocycles. The van der Waals surface area contributed by atoms with Gasteiger partial charge in [-0.15, -0.1) is 0 Å². The number of fused-ring (bicyclic) bond motifs is 1. The van der Waals surface area contributed by atoms with E-state index in [0.717, 1.165) is 22.2 Å². The maximum absolute atomic E-state index is 9.25. The van der Waals surface area contributed by atoms with E-state index in [1.54, 1.807) is 7.11 Å². The Hall–Kier alpha value is -2.11. The normalized spacial score (nSPS) is 11.0. The fraction of sp³-hybridized carbons (Fsp3) is 0.200. The number of halogens is 1. The molecule has 0 aliphatic heterocycles. The molecule has 108 valence electrons. The molecule has 0 atom stereocenters. The Morgan fingerprint density at radius 2 is 2.14 bits per heavy atom. The van der Waals surface area contributed by atoms with Crippen molar-refractivity contribution in [2.24, 2.45) is 0 Å². The van der Waals surface area contributed by atoms with E-state index in [1.807, 2.05) is 35.0 Å². The van der Waals surface area contributed by atoms with Crippen molar-refractivity contribution >= 4 is 22.6 Å². The zero-order valence-corrected chi connectivity index (χ0v) is 12.2. The Balaban J connectivity index is 1.97. The molecule has 5 nitrogen and oxygen atoms in total. The Morgan fingerprint density at radius 3 is 2.90 bits per heavy atom. The highest BCUT2D eigenvalue weighted by Crippen LogP contribution is 2.24. The highest BCUT2D eigenvalue weighted by Gasteiger charge is 2.08. The number of benzene rings is 1. The second kappa shape index (κ2) is 5.71. The van der Waals surface area contributed by atoms with Gasteiger partial charge in [-0.3, -0.25) is 0 Å². The van der Waals surface area contributed by atoms with Crippen molar-refractivity contribution in [2.45, 2.75) is 13.2 Å². The van der Waals surface area contributed by atoms with Gasteiger partial charge in [0.15, 0.2) is 0 Å². The topological polar surface area (TPSA) is 60.2 Å². The predicted molar refractivity (Wildman–Crippen MR) is 80.6 cm³/mol. The Morgan fingerprint density at radius 1 is 1.29 bits per heavy atom. The molecule has 0 saturated heterocycles. The average molecular weight is 304 g/mol. The molecule has 0 aliphatic carbocycles. The van der Waals surface area contributed by atoms with Gasteiger partial charge in [0.05, 0.1) is 19.1 Å². The second-order valence-corrected chi connectivity index (χ2v) is 5.01. The number of hydrogen-bond acceptors (Lipinski definition) is 4. The van der Waals surface area contributed by atoms with Crippen LogP contribution in [-0.4, -0.2) is 26.8 Å². The lowest BCUT2D eigenvalue weighted by atomic mass is 10.1. The van der Waals surface area contributed by atoms with Gasteiger partial charge in [0, 0.05) is 18.3 Å². The molecule has 0 unspecified atom stereocenters. The lowest BCUT2D eigenvalue weighted by Gasteiger charge is -2.10. The Labute approximate surface area is 126 Å². The van der Waals surface area contributed by atoms with Crippen molar-refractivity contribution in [3.05, 3.63) is 53.1 Å². The van der Waals surface area contributed by atoms with Crippen molar-refractivity contribution in [1.29, 1.82) is 0 Å². The molecule has 0 spiro atoms. The SMILES string of the molecule is COc1cc(Cn2ccc3c(Cl)ncnc32)ccc1CO. The number of hydrogen-bond donors (Lipinski definition) is 1. The van der Waals surface area contributed by atoms with Crippen molar-refractivity contribution in [1.82, 2.24) is 14.5 Å². The number of aliphatic hydroxyl groups is 1. The van der Waals surface area contributed by atoms with Gasteiger partial charge in [0.2, 0.25) is 0 Å². The van der Waals surface area contributed by atoms with Gasteiger partial charge >= 0.3 is 0 Å². The van der Waals surface area contributed by atoms with E-state index in [-0.39, 0.29) is 6.61 Å². The van der Waals surface area contributed by atoms with Crippen LogP contribution < -0.4 is 4.74 Å². The number of methoxy groups -OCH3 is 1. The largest absolute Gasteiger partial charge is 0.496 e. The van der Waals surface area contributed by atoms with Gasteiger partial charge in [-0.1, -0.05) is 23.7 Å². The van der Waals surface area contributed by atoms with Crippen LogP contribution in [0.15, 0.2) is 36.8 Å². The van der Waals surface area contributed by atoms with E-state index < -0.39 is 0 Å². The zero-order chi connectivity index (χ0) is 14.8. The number of nitrogens with zero attached hydrogens (tertiary/aromatic N) is 3. The van der Waals surface area contributed by atoms with Crippen LogP contribution in [0, 0.1) is 0 Å². The number of ether oxygens (including phenoxy) is 1. The van der Waals surface area contributed by atoms with Gasteiger partial charge in [0.1, 0.15) is 22.9 Å². The van der Waals surface area contributed by atoms with Crippen molar-refractivity contribution < 1.29 is 9.84 Å². The molecule has 3 aromatic rings. The van der Waals surface area contributed by atoms with E-state index >= 15 is 0 Å². The Kier molecular flexibility index (Phi) is 3.77. The quantitative estimate of drug-likeness (QED) is 0.753. The molecular formula is C15H14ClN3O2. The van der Waals surface area contributed by atoms with Crippen molar-refractivity contribution in [2.75, 3.05) is 7.11 Å². The third kappa shape index (κ3) is 2.57. The third-order valence-electron chi connectivity index (χ3n) is 3.38. The summed E-state index contributed by atoms with van der Waals surface area (Å²) in [6.07, 6.45) is 3.38. The third-order valence-corrected chi connectivity index (χ3v) is 3.68. The molecule has 2 heterocycles. The molecule has 0 radical (unpaired) electrons. The minimum Gasteiger partial charge on any atom is -0.496 e. The maximum atomic E-state index is 9.25. The van der Waals surface area contributed by atoms with E-state index in [0.29, 0.717) is 17.4 Å². The number of rotatable bonds is 4. The van der Waals surface area contributed by atoms with Crippen molar-refractivity contribution in [3.8, 4) is 5.75 Å². The van der Waals surface area contributed by atoms with E-state index in [1.165, 1.54) is 6.33 Å². The first-order valence-corrected chi connectivity index (χ1v) is 6.82. The molecule has 0 bridgehead atoms. The molecule has 0 amide bonds. The summed E-state index contributed by atoms with van der Waals surface area (Å²) in [4.78, 5) is 8.24. The minimum atomic E-state index is -0.0429. The fourth-order valence-electron chi connectivity index (χ4n) is 2.32. The summed E-state index contributed by atoms with van der Waals surface area (Å²) >= 11 is 6.05. The maximum Gasteiger partial charge on any atom is 0.145 e. The average Bonchev–Trinajstić information content (AvgIpc) is 2.92. The first kappa shape index (κ1) is 13.9. The highest BCUT2D eigenvalue weighted by molar-refractivity contribution is 6.33. The summed E-state index contributed by atoms with van der Waals surface area (Å²) < 4.78 is 7.28. The standard InChI is InChI=1S/C15H14ClN3O2/c1-21-13-6-10(2-3-11(13)8-20)7-19-5-4-12-14(16)17-9-18-15(12)19/h2-6,9,20H,7-8H2,1H3. The first-order chi connectivity index (χ1) is 10.2. The van der Waals surface area contributed by atoms with Crippen LogP contribution >= 0.6 is 11.6 Å². The summed E-state index contributed by atoms with van der Waals surface area (Å²) in [5.41, 5.74) is 2.61. The van der Waals surface area contributed by atoms with Gasteiger partial charge in [-0.2, -0.15) is 0 Å². The van der Waals surface area contributed by atoms with E-state index in [9.17, 15) is 5.11 Å². The first-order valence-electron chi connectivity index (χ1n) is 6.45. The van der Waals surface area contributed by atoms with Crippen LogP contribution in [-0.2, 0) is 13.2 Å². The van der Waals surface area contributed by atoms with Crippen LogP contribution in [0.3, 0.4) is 0 Å². The number of aromatic nitrogens is 3. The van der Waals surface area contributed by atoms with Crippen molar-refractivity contribution in [3.63, 3.8) is 0 Å². The Bertz CT molecular complexity index is 786. The summed E-state index contributed by atoms with van der Waals surface area (Å²) in [6, 6.07) is 7.64. The number of aliphatic hydroxyl groups excluding tert-OH is 1. The van der Waals surface area contributed by atoms with Gasteiger partial charge in [-0.25, -0.2) is 9.97 Å². The summed E-state index contributed by atoms with van der Waals surface area (Å²) in [5, 5.41) is 10.5. The molecule has 6 heteroatoms. The molecule has 0 fully saturated rings. The fourth-order valence-corrected chi connectivity index (χ4v) is 2.51. The predicted octanol–water partition coefficient (Wildman–Crippen LogP) is 2.63. The molecule has 21 heavy (non-hydrogen) atoms. The van der Waals surface area contributed by atoms with Gasteiger partial charge in [-0.05, 0) is 17.7 Å².